The zero-order chi connectivity index (χ0) is 17.7. The van der Waals surface area contributed by atoms with Gasteiger partial charge in [-0.25, -0.2) is 13.6 Å². The monoisotopic (exact) mass is 348 g/mol. The Morgan fingerprint density at radius 2 is 1.83 bits per heavy atom. The van der Waals surface area contributed by atoms with E-state index in [0.29, 0.717) is 6.61 Å². The molecular weight excluding hydrogens is 324 g/mol. The average molecular weight is 348 g/mol. The van der Waals surface area contributed by atoms with Crippen molar-refractivity contribution in [3.05, 3.63) is 59.7 Å². The summed E-state index contributed by atoms with van der Waals surface area (Å²) in [6.07, 6.45) is 0. The number of rotatable bonds is 7. The fourth-order valence-corrected chi connectivity index (χ4v) is 2.91. The Labute approximate surface area is 144 Å². The Kier molecular flexibility index (Phi) is 5.99. The SMILES string of the molecule is Cc1cccc(OCCN(C)[C@@H](C)c2ccc(S(N)(=O)=O)cc2)c1. The summed E-state index contributed by atoms with van der Waals surface area (Å²) in [5, 5.41) is 5.12. The summed E-state index contributed by atoms with van der Waals surface area (Å²) >= 11 is 0. The van der Waals surface area contributed by atoms with Crippen molar-refractivity contribution in [1.82, 2.24) is 4.90 Å². The number of nitrogens with two attached hydrogens (primary N) is 1. The number of aryl methyl sites for hydroxylation is 1. The van der Waals surface area contributed by atoms with Crippen LogP contribution in [0.4, 0.5) is 0 Å². The van der Waals surface area contributed by atoms with E-state index in [0.717, 1.165) is 17.9 Å². The van der Waals surface area contributed by atoms with Crippen LogP contribution in [0, 0.1) is 6.92 Å². The van der Waals surface area contributed by atoms with Crippen molar-refractivity contribution in [1.29, 1.82) is 0 Å². The van der Waals surface area contributed by atoms with Crippen molar-refractivity contribution in [3.63, 3.8) is 0 Å². The fraction of sp³-hybridized carbons (Fsp3) is 0.333. The van der Waals surface area contributed by atoms with Gasteiger partial charge in [-0.1, -0.05) is 24.3 Å². The van der Waals surface area contributed by atoms with E-state index in [2.05, 4.69) is 11.8 Å². The molecular formula is C18H24N2O3S. The van der Waals surface area contributed by atoms with E-state index in [1.54, 1.807) is 12.1 Å². The van der Waals surface area contributed by atoms with E-state index < -0.39 is 10.0 Å². The average Bonchev–Trinajstić information content (AvgIpc) is 2.53. The Hall–Kier alpha value is -1.89. The van der Waals surface area contributed by atoms with Gasteiger partial charge in [0.25, 0.3) is 0 Å². The molecule has 0 amide bonds. The van der Waals surface area contributed by atoms with Crippen LogP contribution in [0.2, 0.25) is 0 Å². The fourth-order valence-electron chi connectivity index (χ4n) is 2.40. The van der Waals surface area contributed by atoms with Crippen LogP contribution in [0.1, 0.15) is 24.1 Å². The maximum absolute atomic E-state index is 11.3. The molecule has 1 atom stereocenters. The maximum Gasteiger partial charge on any atom is 0.238 e. The number of primary sulfonamides is 1. The van der Waals surface area contributed by atoms with Crippen molar-refractivity contribution in [2.75, 3.05) is 20.2 Å². The van der Waals surface area contributed by atoms with Crippen LogP contribution in [-0.2, 0) is 10.0 Å². The molecule has 130 valence electrons. The summed E-state index contributed by atoms with van der Waals surface area (Å²) in [4.78, 5) is 2.28. The van der Waals surface area contributed by atoms with Gasteiger partial charge in [-0.3, -0.25) is 4.90 Å². The number of ether oxygens (including phenoxy) is 1. The molecule has 0 aliphatic rings. The molecule has 0 bridgehead atoms. The number of likely N-dealkylation sites (N-methyl/N-ethyl adjacent to an activating group) is 1. The lowest BCUT2D eigenvalue weighted by Crippen LogP contribution is -2.27. The van der Waals surface area contributed by atoms with Crippen molar-refractivity contribution in [2.24, 2.45) is 5.14 Å². The predicted octanol–water partition coefficient (Wildman–Crippen LogP) is 2.71. The molecule has 0 unspecified atom stereocenters. The topological polar surface area (TPSA) is 72.6 Å². The molecule has 2 N–H and O–H groups in total. The van der Waals surface area contributed by atoms with Crippen LogP contribution >= 0.6 is 0 Å². The van der Waals surface area contributed by atoms with Crippen LogP contribution in [0.15, 0.2) is 53.4 Å². The summed E-state index contributed by atoms with van der Waals surface area (Å²) < 4.78 is 28.4. The van der Waals surface area contributed by atoms with Gasteiger partial charge in [0.05, 0.1) is 4.90 Å². The Morgan fingerprint density at radius 3 is 2.42 bits per heavy atom. The van der Waals surface area contributed by atoms with Crippen molar-refractivity contribution >= 4 is 10.0 Å². The van der Waals surface area contributed by atoms with E-state index >= 15 is 0 Å². The molecule has 0 spiro atoms. The molecule has 0 saturated heterocycles. The molecule has 0 aliphatic heterocycles. The van der Waals surface area contributed by atoms with Gasteiger partial charge in [0.1, 0.15) is 12.4 Å². The van der Waals surface area contributed by atoms with E-state index in [4.69, 9.17) is 9.88 Å². The molecule has 2 aromatic carbocycles. The number of benzene rings is 2. The third-order valence-electron chi connectivity index (χ3n) is 4.05. The molecule has 6 heteroatoms. The number of sulfonamides is 1. The van der Waals surface area contributed by atoms with Crippen LogP contribution in [0.5, 0.6) is 5.75 Å². The number of nitrogens with zero attached hydrogens (tertiary/aromatic N) is 1. The smallest absolute Gasteiger partial charge is 0.238 e. The highest BCUT2D eigenvalue weighted by atomic mass is 32.2. The summed E-state index contributed by atoms with van der Waals surface area (Å²) in [5.74, 6) is 0.869. The normalized spacial score (nSPS) is 13.0. The molecule has 0 aromatic heterocycles. The van der Waals surface area contributed by atoms with Gasteiger partial charge in [-0.2, -0.15) is 0 Å². The first-order valence-electron chi connectivity index (χ1n) is 7.80. The van der Waals surface area contributed by atoms with Crippen molar-refractivity contribution < 1.29 is 13.2 Å². The lowest BCUT2D eigenvalue weighted by atomic mass is 10.1. The molecule has 0 heterocycles. The molecule has 0 radical (unpaired) electrons. The van der Waals surface area contributed by atoms with Gasteiger partial charge in [-0.15, -0.1) is 0 Å². The lowest BCUT2D eigenvalue weighted by molar-refractivity contribution is 0.201. The molecule has 2 aromatic rings. The van der Waals surface area contributed by atoms with E-state index in [1.165, 1.54) is 17.7 Å². The standard InChI is InChI=1S/C18H24N2O3S/c1-14-5-4-6-17(13-14)23-12-11-20(3)15(2)16-7-9-18(10-8-16)24(19,21)22/h4-10,13,15H,11-12H2,1-3H3,(H2,19,21,22)/t15-/m0/s1. The minimum absolute atomic E-state index is 0.129. The largest absolute Gasteiger partial charge is 0.492 e. The second kappa shape index (κ2) is 7.79. The summed E-state index contributed by atoms with van der Waals surface area (Å²) in [6.45, 7) is 5.44. The van der Waals surface area contributed by atoms with E-state index in [-0.39, 0.29) is 10.9 Å². The van der Waals surface area contributed by atoms with Gasteiger partial charge in [0.15, 0.2) is 0 Å². The minimum atomic E-state index is -3.65. The summed E-state index contributed by atoms with van der Waals surface area (Å²) in [6, 6.07) is 14.8. The van der Waals surface area contributed by atoms with Gasteiger partial charge < -0.3 is 4.74 Å². The first-order valence-corrected chi connectivity index (χ1v) is 9.34. The van der Waals surface area contributed by atoms with Crippen molar-refractivity contribution in [3.8, 4) is 5.75 Å². The van der Waals surface area contributed by atoms with Crippen molar-refractivity contribution in [2.45, 2.75) is 24.8 Å². The summed E-state index contributed by atoms with van der Waals surface area (Å²) in [5.41, 5.74) is 2.20. The highest BCUT2D eigenvalue weighted by molar-refractivity contribution is 7.89. The van der Waals surface area contributed by atoms with Crippen LogP contribution < -0.4 is 9.88 Å². The molecule has 0 saturated carbocycles. The quantitative estimate of drug-likeness (QED) is 0.835. The zero-order valence-electron chi connectivity index (χ0n) is 14.3. The second-order valence-corrected chi connectivity index (χ2v) is 7.50. The Balaban J connectivity index is 1.91. The Bertz CT molecular complexity index is 773. The lowest BCUT2D eigenvalue weighted by Gasteiger charge is -2.25. The number of hydrogen-bond acceptors (Lipinski definition) is 4. The van der Waals surface area contributed by atoms with E-state index in [9.17, 15) is 8.42 Å². The first kappa shape index (κ1) is 18.4. The third kappa shape index (κ3) is 5.06. The highest BCUT2D eigenvalue weighted by Crippen LogP contribution is 2.20. The number of hydrogen-bond donors (Lipinski definition) is 1. The van der Waals surface area contributed by atoms with E-state index in [1.807, 2.05) is 38.2 Å². The first-order chi connectivity index (χ1) is 11.3. The van der Waals surface area contributed by atoms with Gasteiger partial charge in [0, 0.05) is 12.6 Å². The predicted molar refractivity (Wildman–Crippen MR) is 95.5 cm³/mol. The van der Waals surface area contributed by atoms with Gasteiger partial charge in [-0.05, 0) is 56.3 Å². The molecule has 2 rings (SSSR count). The zero-order valence-corrected chi connectivity index (χ0v) is 15.1. The highest BCUT2D eigenvalue weighted by Gasteiger charge is 2.13. The molecule has 0 aliphatic carbocycles. The maximum atomic E-state index is 11.3. The molecule has 24 heavy (non-hydrogen) atoms. The van der Waals surface area contributed by atoms with Crippen LogP contribution in [-0.4, -0.2) is 33.5 Å². The third-order valence-corrected chi connectivity index (χ3v) is 4.98. The minimum Gasteiger partial charge on any atom is -0.492 e. The van der Waals surface area contributed by atoms with Gasteiger partial charge >= 0.3 is 0 Å². The molecule has 0 fully saturated rings. The molecule has 5 nitrogen and oxygen atoms in total. The van der Waals surface area contributed by atoms with Gasteiger partial charge in [0.2, 0.25) is 10.0 Å². The second-order valence-electron chi connectivity index (χ2n) is 5.94. The Morgan fingerprint density at radius 1 is 1.17 bits per heavy atom. The van der Waals surface area contributed by atoms with Crippen LogP contribution in [0.3, 0.4) is 0 Å². The summed E-state index contributed by atoms with van der Waals surface area (Å²) in [7, 11) is -1.64. The van der Waals surface area contributed by atoms with Crippen LogP contribution in [0.25, 0.3) is 0 Å².